The van der Waals surface area contributed by atoms with Crippen molar-refractivity contribution in [2.24, 2.45) is 5.73 Å². The molecule has 1 amide bonds. The Morgan fingerprint density at radius 3 is 2.81 bits per heavy atom. The minimum absolute atomic E-state index is 0.0946. The maximum Gasteiger partial charge on any atom is 0.255 e. The van der Waals surface area contributed by atoms with E-state index in [4.69, 9.17) is 5.73 Å². The normalized spacial score (nSPS) is 21.3. The second kappa shape index (κ2) is 7.26. The number of carbonyl (C=O) groups excluding carboxylic acids is 1. The zero-order chi connectivity index (χ0) is 15.2. The van der Waals surface area contributed by atoms with Gasteiger partial charge in [0.1, 0.15) is 0 Å². The fourth-order valence-electron chi connectivity index (χ4n) is 2.81. The van der Waals surface area contributed by atoms with Gasteiger partial charge in [0.15, 0.2) is 0 Å². The first-order valence-corrected chi connectivity index (χ1v) is 7.38. The van der Waals surface area contributed by atoms with Crippen LogP contribution < -0.4 is 5.73 Å². The number of amides is 1. The van der Waals surface area contributed by atoms with Gasteiger partial charge in [-0.2, -0.15) is 0 Å². The quantitative estimate of drug-likeness (QED) is 0.807. The summed E-state index contributed by atoms with van der Waals surface area (Å²) in [6, 6.07) is 7.16. The second-order valence-electron chi connectivity index (χ2n) is 5.39. The summed E-state index contributed by atoms with van der Waals surface area (Å²) < 4.78 is 0. The van der Waals surface area contributed by atoms with Crippen molar-refractivity contribution in [1.29, 1.82) is 0 Å². The maximum atomic E-state index is 12.7. The monoisotopic (exact) mass is 286 g/mol. The molecule has 4 nitrogen and oxygen atoms in total. The third-order valence-corrected chi connectivity index (χ3v) is 3.99. The molecule has 0 bridgehead atoms. The lowest BCUT2D eigenvalue weighted by Gasteiger charge is -2.35. The summed E-state index contributed by atoms with van der Waals surface area (Å²) in [5, 5.41) is 10.1. The standard InChI is InChI=1S/C17H22N2O2/c1-19(15-10-4-5-11-16(15)20)17(21)14-9-3-2-7-13(14)8-6-12-18/h2-3,7,9,15-16,20H,4-5,10-12,18H2,1H3. The Hall–Kier alpha value is -1.83. The van der Waals surface area contributed by atoms with Gasteiger partial charge in [-0.1, -0.05) is 36.8 Å². The Morgan fingerprint density at radius 1 is 1.38 bits per heavy atom. The number of aliphatic hydroxyl groups is 1. The lowest BCUT2D eigenvalue weighted by atomic mass is 9.91. The molecule has 0 radical (unpaired) electrons. The van der Waals surface area contributed by atoms with E-state index in [0.717, 1.165) is 25.7 Å². The van der Waals surface area contributed by atoms with Gasteiger partial charge in [-0.25, -0.2) is 0 Å². The average molecular weight is 286 g/mol. The molecule has 1 aliphatic rings. The summed E-state index contributed by atoms with van der Waals surface area (Å²) in [6.45, 7) is 0.264. The molecule has 1 aromatic rings. The summed E-state index contributed by atoms with van der Waals surface area (Å²) in [5.74, 6) is 5.63. The van der Waals surface area contributed by atoms with E-state index in [9.17, 15) is 9.90 Å². The number of nitrogens with zero attached hydrogens (tertiary/aromatic N) is 1. The van der Waals surface area contributed by atoms with Crippen molar-refractivity contribution in [3.05, 3.63) is 35.4 Å². The zero-order valence-electron chi connectivity index (χ0n) is 12.4. The number of hydrogen-bond donors (Lipinski definition) is 2. The molecule has 4 heteroatoms. The zero-order valence-corrected chi connectivity index (χ0v) is 12.4. The van der Waals surface area contributed by atoms with Crippen LogP contribution >= 0.6 is 0 Å². The molecule has 112 valence electrons. The first-order valence-electron chi connectivity index (χ1n) is 7.38. The van der Waals surface area contributed by atoms with Crippen molar-refractivity contribution >= 4 is 5.91 Å². The molecule has 1 aromatic carbocycles. The van der Waals surface area contributed by atoms with E-state index in [2.05, 4.69) is 11.8 Å². The molecule has 2 rings (SSSR count). The summed E-state index contributed by atoms with van der Waals surface area (Å²) in [6.07, 6.45) is 3.25. The molecule has 0 aliphatic heterocycles. The smallest absolute Gasteiger partial charge is 0.255 e. The van der Waals surface area contributed by atoms with Gasteiger partial charge in [-0.15, -0.1) is 0 Å². The van der Waals surface area contributed by atoms with Gasteiger partial charge in [-0.3, -0.25) is 4.79 Å². The van der Waals surface area contributed by atoms with Gasteiger partial charge in [0.2, 0.25) is 0 Å². The molecule has 0 heterocycles. The molecule has 2 atom stereocenters. The third-order valence-electron chi connectivity index (χ3n) is 3.99. The van der Waals surface area contributed by atoms with E-state index < -0.39 is 6.10 Å². The predicted molar refractivity (Wildman–Crippen MR) is 82.7 cm³/mol. The fraction of sp³-hybridized carbons (Fsp3) is 0.471. The van der Waals surface area contributed by atoms with Crippen molar-refractivity contribution in [2.75, 3.05) is 13.6 Å². The molecule has 0 aromatic heterocycles. The SMILES string of the molecule is CN(C(=O)c1ccccc1C#CCN)C1CCCCC1O. The van der Waals surface area contributed by atoms with Crippen LogP contribution in [0.3, 0.4) is 0 Å². The Kier molecular flexibility index (Phi) is 5.38. The number of aliphatic hydroxyl groups excluding tert-OH is 1. The highest BCUT2D eigenvalue weighted by atomic mass is 16.3. The summed E-state index contributed by atoms with van der Waals surface area (Å²) in [4.78, 5) is 14.3. The summed E-state index contributed by atoms with van der Waals surface area (Å²) in [7, 11) is 1.76. The van der Waals surface area contributed by atoms with Crippen LogP contribution in [0.1, 0.15) is 41.6 Å². The molecule has 0 spiro atoms. The summed E-state index contributed by atoms with van der Waals surface area (Å²) in [5.41, 5.74) is 6.65. The van der Waals surface area contributed by atoms with Crippen LogP contribution in [0.2, 0.25) is 0 Å². The van der Waals surface area contributed by atoms with E-state index >= 15 is 0 Å². The highest BCUT2D eigenvalue weighted by Crippen LogP contribution is 2.24. The van der Waals surface area contributed by atoms with E-state index in [-0.39, 0.29) is 18.5 Å². The van der Waals surface area contributed by atoms with Gasteiger partial charge in [-0.05, 0) is 25.0 Å². The largest absolute Gasteiger partial charge is 0.391 e. The van der Waals surface area contributed by atoms with Gasteiger partial charge in [0.25, 0.3) is 5.91 Å². The van der Waals surface area contributed by atoms with Crippen molar-refractivity contribution < 1.29 is 9.90 Å². The van der Waals surface area contributed by atoms with Crippen LogP contribution in [0.25, 0.3) is 0 Å². The highest BCUT2D eigenvalue weighted by Gasteiger charge is 2.30. The first kappa shape index (κ1) is 15.6. The summed E-state index contributed by atoms with van der Waals surface area (Å²) >= 11 is 0. The van der Waals surface area contributed by atoms with Crippen LogP contribution in [0.4, 0.5) is 0 Å². The fourth-order valence-corrected chi connectivity index (χ4v) is 2.81. The Labute approximate surface area is 125 Å². The number of carbonyl (C=O) groups is 1. The second-order valence-corrected chi connectivity index (χ2v) is 5.39. The Bertz CT molecular complexity index is 559. The van der Waals surface area contributed by atoms with Crippen LogP contribution in [0, 0.1) is 11.8 Å². The van der Waals surface area contributed by atoms with E-state index in [1.54, 1.807) is 18.0 Å². The van der Waals surface area contributed by atoms with Gasteiger partial charge in [0.05, 0.1) is 24.3 Å². The minimum atomic E-state index is -0.435. The number of nitrogens with two attached hydrogens (primary N) is 1. The van der Waals surface area contributed by atoms with Crippen LogP contribution in [-0.4, -0.2) is 41.7 Å². The maximum absolute atomic E-state index is 12.7. The van der Waals surface area contributed by atoms with E-state index in [0.29, 0.717) is 11.1 Å². The lowest BCUT2D eigenvalue weighted by molar-refractivity contribution is 0.0268. The van der Waals surface area contributed by atoms with Crippen molar-refractivity contribution in [1.82, 2.24) is 4.90 Å². The van der Waals surface area contributed by atoms with Gasteiger partial charge in [0, 0.05) is 12.6 Å². The lowest BCUT2D eigenvalue weighted by Crippen LogP contribution is -2.46. The number of rotatable bonds is 2. The van der Waals surface area contributed by atoms with Crippen molar-refractivity contribution in [3.8, 4) is 11.8 Å². The molecule has 0 saturated heterocycles. The molecule has 2 unspecified atom stereocenters. The highest BCUT2D eigenvalue weighted by molar-refractivity contribution is 5.96. The van der Waals surface area contributed by atoms with Crippen LogP contribution in [0.5, 0.6) is 0 Å². The van der Waals surface area contributed by atoms with Gasteiger partial charge < -0.3 is 15.7 Å². The minimum Gasteiger partial charge on any atom is -0.391 e. The van der Waals surface area contributed by atoms with Crippen LogP contribution in [0.15, 0.2) is 24.3 Å². The van der Waals surface area contributed by atoms with E-state index in [1.165, 1.54) is 0 Å². The Balaban J connectivity index is 2.23. The first-order chi connectivity index (χ1) is 10.1. The van der Waals surface area contributed by atoms with Gasteiger partial charge >= 0.3 is 0 Å². The molecule has 1 fully saturated rings. The van der Waals surface area contributed by atoms with Crippen molar-refractivity contribution in [2.45, 2.75) is 37.8 Å². The number of benzene rings is 1. The molecule has 3 N–H and O–H groups in total. The van der Waals surface area contributed by atoms with Crippen molar-refractivity contribution in [3.63, 3.8) is 0 Å². The van der Waals surface area contributed by atoms with E-state index in [1.807, 2.05) is 18.2 Å². The predicted octanol–water partition coefficient (Wildman–Crippen LogP) is 1.37. The molecular formula is C17H22N2O2. The number of likely N-dealkylation sites (N-methyl/N-ethyl adjacent to an activating group) is 1. The molecule has 1 saturated carbocycles. The number of hydrogen-bond acceptors (Lipinski definition) is 3. The van der Waals surface area contributed by atoms with Crippen LogP contribution in [-0.2, 0) is 0 Å². The average Bonchev–Trinajstić information content (AvgIpc) is 2.52. The third kappa shape index (κ3) is 3.63. The molecular weight excluding hydrogens is 264 g/mol. The molecule has 1 aliphatic carbocycles. The Morgan fingerprint density at radius 2 is 2.10 bits per heavy atom. The topological polar surface area (TPSA) is 66.6 Å². The molecule has 21 heavy (non-hydrogen) atoms.